The van der Waals surface area contributed by atoms with Crippen molar-refractivity contribution >= 4 is 24.0 Å². The van der Waals surface area contributed by atoms with Gasteiger partial charge >= 0.3 is 0 Å². The summed E-state index contributed by atoms with van der Waals surface area (Å²) in [5.41, 5.74) is 1.24. The molecule has 2 rings (SSSR count). The van der Waals surface area contributed by atoms with Crippen molar-refractivity contribution < 1.29 is 4.74 Å². The van der Waals surface area contributed by atoms with E-state index in [9.17, 15) is 0 Å². The molecule has 2 nitrogen and oxygen atoms in total. The molecule has 1 aromatic carbocycles. The number of hydrogen-bond acceptors (Lipinski definition) is 2. The van der Waals surface area contributed by atoms with Gasteiger partial charge in [0.2, 0.25) is 0 Å². The van der Waals surface area contributed by atoms with Gasteiger partial charge in [0.25, 0.3) is 0 Å². The molecule has 120 valence electrons. The standard InChI is InChI=1S/C17H26ClNO.ClH/c1-17(2,3)15-12-14(18)4-5-16(15)20-11-8-13-6-9-19-10-7-13;/h4-5,12-13,19H,6-11H2,1-3H3;1H. The highest BCUT2D eigenvalue weighted by molar-refractivity contribution is 6.30. The van der Waals surface area contributed by atoms with E-state index in [1.165, 1.54) is 18.4 Å². The Bertz CT molecular complexity index is 437. The first kappa shape index (κ1) is 18.6. The Hall–Kier alpha value is -0.440. The van der Waals surface area contributed by atoms with Crippen molar-refractivity contribution in [2.24, 2.45) is 5.92 Å². The normalized spacial score (nSPS) is 16.4. The smallest absolute Gasteiger partial charge is 0.123 e. The molecule has 1 aliphatic heterocycles. The number of hydrogen-bond donors (Lipinski definition) is 1. The average molecular weight is 332 g/mol. The highest BCUT2D eigenvalue weighted by Crippen LogP contribution is 2.33. The molecular formula is C17H27Cl2NO. The van der Waals surface area contributed by atoms with Crippen molar-refractivity contribution in [1.29, 1.82) is 0 Å². The van der Waals surface area contributed by atoms with Gasteiger partial charge in [-0.1, -0.05) is 32.4 Å². The largest absolute Gasteiger partial charge is 0.493 e. The summed E-state index contributed by atoms with van der Waals surface area (Å²) in [4.78, 5) is 0. The summed E-state index contributed by atoms with van der Waals surface area (Å²) in [7, 11) is 0. The van der Waals surface area contributed by atoms with Crippen molar-refractivity contribution in [2.75, 3.05) is 19.7 Å². The molecule has 0 aliphatic carbocycles. The maximum Gasteiger partial charge on any atom is 0.123 e. The predicted molar refractivity (Wildman–Crippen MR) is 93.1 cm³/mol. The number of ether oxygens (including phenoxy) is 1. The molecule has 1 fully saturated rings. The van der Waals surface area contributed by atoms with Crippen LogP contribution in [-0.4, -0.2) is 19.7 Å². The van der Waals surface area contributed by atoms with Crippen molar-refractivity contribution in [3.05, 3.63) is 28.8 Å². The van der Waals surface area contributed by atoms with Crippen LogP contribution >= 0.6 is 24.0 Å². The molecule has 0 spiro atoms. The van der Waals surface area contributed by atoms with Crippen molar-refractivity contribution in [3.63, 3.8) is 0 Å². The molecule has 0 saturated carbocycles. The van der Waals surface area contributed by atoms with Gasteiger partial charge in [-0.3, -0.25) is 0 Å². The maximum absolute atomic E-state index is 6.12. The fraction of sp³-hybridized carbons (Fsp3) is 0.647. The Labute approximate surface area is 140 Å². The lowest BCUT2D eigenvalue weighted by atomic mass is 9.86. The van der Waals surface area contributed by atoms with E-state index in [4.69, 9.17) is 16.3 Å². The van der Waals surface area contributed by atoms with Gasteiger partial charge in [0.15, 0.2) is 0 Å². The Morgan fingerprint density at radius 3 is 2.52 bits per heavy atom. The summed E-state index contributed by atoms with van der Waals surface area (Å²) in [5.74, 6) is 1.79. The minimum Gasteiger partial charge on any atom is -0.493 e. The highest BCUT2D eigenvalue weighted by atomic mass is 35.5. The molecule has 1 aromatic rings. The second kappa shape index (κ2) is 8.26. The fourth-order valence-corrected chi connectivity index (χ4v) is 2.89. The molecule has 21 heavy (non-hydrogen) atoms. The van der Waals surface area contributed by atoms with Crippen LogP contribution in [0.25, 0.3) is 0 Å². The molecule has 1 heterocycles. The van der Waals surface area contributed by atoms with Gasteiger partial charge in [-0.05, 0) is 61.9 Å². The molecule has 0 aromatic heterocycles. The van der Waals surface area contributed by atoms with Crippen molar-refractivity contribution in [3.8, 4) is 5.75 Å². The summed E-state index contributed by atoms with van der Waals surface area (Å²) in [5, 5.41) is 4.18. The molecular weight excluding hydrogens is 305 g/mol. The number of piperidine rings is 1. The van der Waals surface area contributed by atoms with E-state index in [1.807, 2.05) is 18.2 Å². The van der Waals surface area contributed by atoms with Gasteiger partial charge in [-0.2, -0.15) is 0 Å². The third-order valence-corrected chi connectivity index (χ3v) is 4.23. The van der Waals surface area contributed by atoms with Gasteiger partial charge < -0.3 is 10.1 Å². The van der Waals surface area contributed by atoms with E-state index in [0.29, 0.717) is 0 Å². The third-order valence-electron chi connectivity index (χ3n) is 3.99. The summed E-state index contributed by atoms with van der Waals surface area (Å²) >= 11 is 6.12. The van der Waals surface area contributed by atoms with Gasteiger partial charge in [-0.15, -0.1) is 12.4 Å². The molecule has 1 aliphatic rings. The monoisotopic (exact) mass is 331 g/mol. The predicted octanol–water partition coefficient (Wildman–Crippen LogP) is 4.83. The Morgan fingerprint density at radius 2 is 1.90 bits per heavy atom. The van der Waals surface area contributed by atoms with Crippen LogP contribution in [0, 0.1) is 5.92 Å². The first-order valence-corrected chi connectivity index (χ1v) is 7.98. The average Bonchev–Trinajstić information content (AvgIpc) is 2.40. The van der Waals surface area contributed by atoms with Gasteiger partial charge in [0.1, 0.15) is 5.75 Å². The van der Waals surface area contributed by atoms with Crippen LogP contribution in [0.1, 0.15) is 45.6 Å². The Kier molecular flexibility index (Phi) is 7.32. The maximum atomic E-state index is 6.12. The van der Waals surface area contributed by atoms with Crippen LogP contribution in [0.5, 0.6) is 5.75 Å². The quantitative estimate of drug-likeness (QED) is 0.853. The summed E-state index contributed by atoms with van der Waals surface area (Å²) in [6.45, 7) is 9.68. The number of halogens is 2. The van der Waals surface area contributed by atoms with Crippen LogP contribution in [0.15, 0.2) is 18.2 Å². The zero-order valence-electron chi connectivity index (χ0n) is 13.2. The molecule has 1 saturated heterocycles. The highest BCUT2D eigenvalue weighted by Gasteiger charge is 2.20. The topological polar surface area (TPSA) is 21.3 Å². The van der Waals surface area contributed by atoms with Crippen LogP contribution in [0.4, 0.5) is 0 Å². The molecule has 4 heteroatoms. The van der Waals surface area contributed by atoms with Gasteiger partial charge in [-0.25, -0.2) is 0 Å². The second-order valence-electron chi connectivity index (χ2n) is 6.72. The van der Waals surface area contributed by atoms with Crippen LogP contribution in [0.2, 0.25) is 5.02 Å². The lowest BCUT2D eigenvalue weighted by molar-refractivity contribution is 0.248. The van der Waals surface area contributed by atoms with Gasteiger partial charge in [0.05, 0.1) is 6.61 Å². The van der Waals surface area contributed by atoms with E-state index in [2.05, 4.69) is 26.1 Å². The minimum atomic E-state index is 0. The first-order chi connectivity index (χ1) is 9.47. The third kappa shape index (κ3) is 5.69. The fourth-order valence-electron chi connectivity index (χ4n) is 2.72. The lowest BCUT2D eigenvalue weighted by Crippen LogP contribution is -2.28. The van der Waals surface area contributed by atoms with Crippen LogP contribution in [0.3, 0.4) is 0 Å². The molecule has 0 unspecified atom stereocenters. The zero-order chi connectivity index (χ0) is 14.6. The van der Waals surface area contributed by atoms with Gasteiger partial charge in [0, 0.05) is 10.6 Å². The summed E-state index contributed by atoms with van der Waals surface area (Å²) in [6, 6.07) is 5.95. The van der Waals surface area contributed by atoms with E-state index < -0.39 is 0 Å². The van der Waals surface area contributed by atoms with E-state index in [1.54, 1.807) is 0 Å². The first-order valence-electron chi connectivity index (χ1n) is 7.60. The van der Waals surface area contributed by atoms with Crippen LogP contribution in [-0.2, 0) is 5.41 Å². The summed E-state index contributed by atoms with van der Waals surface area (Å²) < 4.78 is 6.04. The molecule has 0 atom stereocenters. The van der Waals surface area contributed by atoms with Crippen LogP contribution < -0.4 is 10.1 Å². The number of rotatable bonds is 4. The van der Waals surface area contributed by atoms with E-state index in [-0.39, 0.29) is 17.8 Å². The minimum absolute atomic E-state index is 0. The van der Waals surface area contributed by atoms with E-state index >= 15 is 0 Å². The number of benzene rings is 1. The number of nitrogens with one attached hydrogen (secondary N) is 1. The molecule has 0 radical (unpaired) electrons. The zero-order valence-corrected chi connectivity index (χ0v) is 14.8. The Balaban J connectivity index is 0.00000220. The molecule has 0 bridgehead atoms. The lowest BCUT2D eigenvalue weighted by Gasteiger charge is -2.25. The Morgan fingerprint density at radius 1 is 1.24 bits per heavy atom. The molecule has 0 amide bonds. The van der Waals surface area contributed by atoms with Crippen molar-refractivity contribution in [2.45, 2.75) is 45.4 Å². The van der Waals surface area contributed by atoms with Crippen molar-refractivity contribution in [1.82, 2.24) is 5.32 Å². The summed E-state index contributed by atoms with van der Waals surface area (Å²) in [6.07, 6.45) is 3.69. The SMILES string of the molecule is CC(C)(C)c1cc(Cl)ccc1OCCC1CCNCC1.Cl. The van der Waals surface area contributed by atoms with E-state index in [0.717, 1.165) is 42.8 Å². The molecule has 1 N–H and O–H groups in total. The second-order valence-corrected chi connectivity index (χ2v) is 7.16.